The summed E-state index contributed by atoms with van der Waals surface area (Å²) in [5, 5.41) is 1.07. The fourth-order valence-electron chi connectivity index (χ4n) is 1.83. The summed E-state index contributed by atoms with van der Waals surface area (Å²) >= 11 is 0. The highest BCUT2D eigenvalue weighted by Gasteiger charge is 2.15. The van der Waals surface area contributed by atoms with Crippen molar-refractivity contribution in [2.75, 3.05) is 6.61 Å². The van der Waals surface area contributed by atoms with E-state index >= 15 is 0 Å². The Hall–Kier alpha value is -1.94. The molecule has 2 N–H and O–H groups in total. The third-order valence-electron chi connectivity index (χ3n) is 2.72. The van der Waals surface area contributed by atoms with Gasteiger partial charge >= 0.3 is 5.97 Å². The molecule has 0 amide bonds. The number of carbonyl (C=O) groups excluding carboxylic acids is 1. The van der Waals surface area contributed by atoms with Gasteiger partial charge in [-0.05, 0) is 31.0 Å². The van der Waals surface area contributed by atoms with E-state index in [2.05, 4.69) is 4.98 Å². The minimum atomic E-state index is -0.619. The van der Waals surface area contributed by atoms with Gasteiger partial charge in [0.1, 0.15) is 6.04 Å². The molecule has 0 saturated heterocycles. The lowest BCUT2D eigenvalue weighted by Crippen LogP contribution is -2.34. The first-order chi connectivity index (χ1) is 8.70. The maximum absolute atomic E-state index is 11.4. The Balaban J connectivity index is 2.14. The molecular weight excluding hydrogens is 228 g/mol. The summed E-state index contributed by atoms with van der Waals surface area (Å²) in [5.74, 6) is -0.362. The van der Waals surface area contributed by atoms with Crippen molar-refractivity contribution in [2.24, 2.45) is 5.73 Å². The van der Waals surface area contributed by atoms with E-state index < -0.39 is 6.04 Å². The van der Waals surface area contributed by atoms with Crippen LogP contribution in [0.5, 0.6) is 0 Å². The standard InChI is InChI=1S/C14H16N2O2/c1-2-18-14(17)12(15)8-10-5-6-11-4-3-7-16-13(11)9-10/h3-7,9,12H,2,8,15H2,1H3. The Morgan fingerprint density at radius 2 is 2.28 bits per heavy atom. The molecule has 1 heterocycles. The molecule has 0 saturated carbocycles. The van der Waals surface area contributed by atoms with Crippen molar-refractivity contribution in [2.45, 2.75) is 19.4 Å². The van der Waals surface area contributed by atoms with Gasteiger partial charge < -0.3 is 10.5 Å². The van der Waals surface area contributed by atoms with Crippen LogP contribution in [-0.4, -0.2) is 23.6 Å². The maximum atomic E-state index is 11.4. The maximum Gasteiger partial charge on any atom is 0.323 e. The highest BCUT2D eigenvalue weighted by molar-refractivity contribution is 5.80. The third-order valence-corrected chi connectivity index (χ3v) is 2.72. The molecule has 1 atom stereocenters. The second kappa shape index (κ2) is 5.60. The number of pyridine rings is 1. The van der Waals surface area contributed by atoms with Crippen molar-refractivity contribution in [3.05, 3.63) is 42.1 Å². The molecule has 4 nitrogen and oxygen atoms in total. The number of esters is 1. The number of ether oxygens (including phenoxy) is 1. The summed E-state index contributed by atoms with van der Waals surface area (Å²) in [6.07, 6.45) is 2.21. The molecule has 1 unspecified atom stereocenters. The molecule has 0 aliphatic heterocycles. The minimum absolute atomic E-state index is 0.353. The summed E-state index contributed by atoms with van der Waals surface area (Å²) in [6, 6.07) is 9.17. The Labute approximate surface area is 106 Å². The number of aromatic nitrogens is 1. The van der Waals surface area contributed by atoms with Crippen molar-refractivity contribution in [1.82, 2.24) is 4.98 Å². The van der Waals surface area contributed by atoms with E-state index in [0.29, 0.717) is 13.0 Å². The van der Waals surface area contributed by atoms with Gasteiger partial charge in [-0.15, -0.1) is 0 Å². The van der Waals surface area contributed by atoms with Gasteiger partial charge in [0.25, 0.3) is 0 Å². The SMILES string of the molecule is CCOC(=O)C(N)Cc1ccc2cccnc2c1. The molecule has 1 aromatic heterocycles. The zero-order valence-electron chi connectivity index (χ0n) is 10.3. The highest BCUT2D eigenvalue weighted by Crippen LogP contribution is 2.14. The van der Waals surface area contributed by atoms with E-state index in [1.807, 2.05) is 30.3 Å². The molecule has 94 valence electrons. The van der Waals surface area contributed by atoms with Gasteiger partial charge in [0, 0.05) is 11.6 Å². The van der Waals surface area contributed by atoms with E-state index in [1.165, 1.54) is 0 Å². The molecule has 2 aromatic rings. The van der Waals surface area contributed by atoms with Crippen LogP contribution in [0, 0.1) is 0 Å². The first-order valence-electron chi connectivity index (χ1n) is 5.96. The van der Waals surface area contributed by atoms with Crippen molar-refractivity contribution in [3.63, 3.8) is 0 Å². The van der Waals surface area contributed by atoms with Crippen LogP contribution < -0.4 is 5.73 Å². The average molecular weight is 244 g/mol. The summed E-state index contributed by atoms with van der Waals surface area (Å²) < 4.78 is 4.88. The van der Waals surface area contributed by atoms with Gasteiger partial charge in [-0.25, -0.2) is 0 Å². The number of nitrogens with two attached hydrogens (primary N) is 1. The van der Waals surface area contributed by atoms with Gasteiger partial charge in [-0.1, -0.05) is 18.2 Å². The Morgan fingerprint density at radius 1 is 1.44 bits per heavy atom. The predicted octanol–water partition coefficient (Wildman–Crippen LogP) is 1.67. The number of carbonyl (C=O) groups is 1. The fraction of sp³-hybridized carbons (Fsp3) is 0.286. The lowest BCUT2D eigenvalue weighted by molar-refractivity contribution is -0.144. The average Bonchev–Trinajstić information content (AvgIpc) is 2.39. The number of nitrogens with zero attached hydrogens (tertiary/aromatic N) is 1. The Kier molecular flexibility index (Phi) is 3.89. The Morgan fingerprint density at radius 3 is 3.06 bits per heavy atom. The smallest absolute Gasteiger partial charge is 0.323 e. The first-order valence-corrected chi connectivity index (χ1v) is 5.96. The van der Waals surface area contributed by atoms with E-state index in [0.717, 1.165) is 16.5 Å². The minimum Gasteiger partial charge on any atom is -0.465 e. The van der Waals surface area contributed by atoms with Crippen LogP contribution >= 0.6 is 0 Å². The zero-order chi connectivity index (χ0) is 13.0. The molecule has 0 radical (unpaired) electrons. The van der Waals surface area contributed by atoms with Gasteiger partial charge in [-0.2, -0.15) is 0 Å². The predicted molar refractivity (Wildman–Crippen MR) is 70.1 cm³/mol. The summed E-state index contributed by atoms with van der Waals surface area (Å²) in [7, 11) is 0. The number of hydrogen-bond donors (Lipinski definition) is 1. The number of hydrogen-bond acceptors (Lipinski definition) is 4. The van der Waals surface area contributed by atoms with Crippen molar-refractivity contribution in [1.29, 1.82) is 0 Å². The third kappa shape index (κ3) is 2.84. The lowest BCUT2D eigenvalue weighted by atomic mass is 10.0. The summed E-state index contributed by atoms with van der Waals surface area (Å²) in [6.45, 7) is 2.12. The number of rotatable bonds is 4. The zero-order valence-corrected chi connectivity index (χ0v) is 10.3. The van der Waals surface area contributed by atoms with Crippen molar-refractivity contribution < 1.29 is 9.53 Å². The van der Waals surface area contributed by atoms with Crippen LogP contribution in [0.3, 0.4) is 0 Å². The molecule has 0 aliphatic rings. The largest absolute Gasteiger partial charge is 0.465 e. The number of fused-ring (bicyclic) bond motifs is 1. The van der Waals surface area contributed by atoms with Crippen LogP contribution in [0.15, 0.2) is 36.5 Å². The van der Waals surface area contributed by atoms with E-state index in [-0.39, 0.29) is 5.97 Å². The summed E-state index contributed by atoms with van der Waals surface area (Å²) in [5.41, 5.74) is 7.68. The van der Waals surface area contributed by atoms with Gasteiger partial charge in [0.2, 0.25) is 0 Å². The van der Waals surface area contributed by atoms with Gasteiger partial charge in [0.15, 0.2) is 0 Å². The molecule has 0 bridgehead atoms. The molecule has 18 heavy (non-hydrogen) atoms. The lowest BCUT2D eigenvalue weighted by Gasteiger charge is -2.10. The van der Waals surface area contributed by atoms with Gasteiger partial charge in [-0.3, -0.25) is 9.78 Å². The molecule has 0 aliphatic carbocycles. The second-order valence-corrected chi connectivity index (χ2v) is 4.09. The topological polar surface area (TPSA) is 65.2 Å². The van der Waals surface area contributed by atoms with Crippen LogP contribution in [0.25, 0.3) is 10.9 Å². The first kappa shape index (κ1) is 12.5. The van der Waals surface area contributed by atoms with Crippen LogP contribution in [0.4, 0.5) is 0 Å². The molecule has 0 spiro atoms. The van der Waals surface area contributed by atoms with Crippen LogP contribution in [0.2, 0.25) is 0 Å². The molecular formula is C14H16N2O2. The van der Waals surface area contributed by atoms with Crippen LogP contribution in [-0.2, 0) is 16.0 Å². The Bertz CT molecular complexity index is 554. The second-order valence-electron chi connectivity index (χ2n) is 4.09. The number of benzene rings is 1. The molecule has 4 heteroatoms. The molecule has 2 rings (SSSR count). The van der Waals surface area contributed by atoms with E-state index in [4.69, 9.17) is 10.5 Å². The molecule has 1 aromatic carbocycles. The van der Waals surface area contributed by atoms with Crippen LogP contribution in [0.1, 0.15) is 12.5 Å². The quantitative estimate of drug-likeness (QED) is 0.831. The van der Waals surface area contributed by atoms with E-state index in [9.17, 15) is 4.79 Å². The van der Waals surface area contributed by atoms with Gasteiger partial charge in [0.05, 0.1) is 12.1 Å². The summed E-state index contributed by atoms with van der Waals surface area (Å²) in [4.78, 5) is 15.7. The highest BCUT2D eigenvalue weighted by atomic mass is 16.5. The molecule has 0 fully saturated rings. The fourth-order valence-corrected chi connectivity index (χ4v) is 1.83. The monoisotopic (exact) mass is 244 g/mol. The van der Waals surface area contributed by atoms with Crippen molar-refractivity contribution >= 4 is 16.9 Å². The van der Waals surface area contributed by atoms with Crippen molar-refractivity contribution in [3.8, 4) is 0 Å². The van der Waals surface area contributed by atoms with E-state index in [1.54, 1.807) is 13.1 Å². The normalized spacial score (nSPS) is 12.3.